The molecule has 0 spiro atoms. The van der Waals surface area contributed by atoms with Crippen LogP contribution in [0.25, 0.3) is 0 Å². The predicted molar refractivity (Wildman–Crippen MR) is 409 cm³/mol. The Morgan fingerprint density at radius 2 is 0.510 bits per heavy atom. The summed E-state index contributed by atoms with van der Waals surface area (Å²) in [7, 11) is -9.91. The number of aliphatic hydroxyl groups excluding tert-OH is 1. The molecule has 0 heterocycles. The molecule has 0 saturated heterocycles. The maximum absolute atomic E-state index is 13.1. The molecule has 0 rings (SSSR count). The number of carbonyl (C=O) groups is 4. The minimum Gasteiger partial charge on any atom is -0.462 e. The van der Waals surface area contributed by atoms with Crippen LogP contribution in [0.3, 0.4) is 0 Å². The Labute approximate surface area is 613 Å². The summed E-state index contributed by atoms with van der Waals surface area (Å²) >= 11 is 0. The van der Waals surface area contributed by atoms with E-state index in [2.05, 4.69) is 41.5 Å². The smallest absolute Gasteiger partial charge is 0.462 e. The van der Waals surface area contributed by atoms with Crippen molar-refractivity contribution in [2.24, 2.45) is 11.8 Å². The summed E-state index contributed by atoms with van der Waals surface area (Å²) in [6.07, 6.45) is 62.6. The summed E-state index contributed by atoms with van der Waals surface area (Å²) in [4.78, 5) is 72.9. The molecular formula is C81H158O17P2. The second-order valence-electron chi connectivity index (χ2n) is 29.9. The van der Waals surface area contributed by atoms with E-state index in [-0.39, 0.29) is 25.7 Å². The molecule has 19 heteroatoms. The maximum atomic E-state index is 13.1. The number of esters is 4. The van der Waals surface area contributed by atoms with Crippen LogP contribution in [0.15, 0.2) is 0 Å². The quantitative estimate of drug-likeness (QED) is 0.0222. The van der Waals surface area contributed by atoms with Gasteiger partial charge in [0.1, 0.15) is 19.3 Å². The van der Waals surface area contributed by atoms with Gasteiger partial charge in [-0.15, -0.1) is 0 Å². The molecule has 17 nitrogen and oxygen atoms in total. The summed E-state index contributed by atoms with van der Waals surface area (Å²) in [6, 6.07) is 0. The van der Waals surface area contributed by atoms with Gasteiger partial charge in [0.05, 0.1) is 26.4 Å². The molecule has 0 aliphatic rings. The molecule has 6 atom stereocenters. The highest BCUT2D eigenvalue weighted by Gasteiger charge is 2.30. The van der Waals surface area contributed by atoms with Crippen molar-refractivity contribution in [1.82, 2.24) is 0 Å². The molecule has 3 N–H and O–H groups in total. The number of phosphoric ester groups is 2. The van der Waals surface area contributed by atoms with Crippen molar-refractivity contribution in [1.29, 1.82) is 0 Å². The lowest BCUT2D eigenvalue weighted by molar-refractivity contribution is -0.161. The van der Waals surface area contributed by atoms with E-state index in [9.17, 15) is 43.2 Å². The van der Waals surface area contributed by atoms with Crippen LogP contribution in [0.4, 0.5) is 0 Å². The number of unbranched alkanes of at least 4 members (excludes halogenated alkanes) is 49. The Morgan fingerprint density at radius 1 is 0.290 bits per heavy atom. The molecule has 0 aliphatic carbocycles. The first-order chi connectivity index (χ1) is 48.4. The van der Waals surface area contributed by atoms with E-state index in [1.54, 1.807) is 0 Å². The molecule has 0 aromatic rings. The maximum Gasteiger partial charge on any atom is 0.472 e. The molecule has 594 valence electrons. The van der Waals surface area contributed by atoms with E-state index in [4.69, 9.17) is 37.0 Å². The topological polar surface area (TPSA) is 237 Å². The monoisotopic (exact) mass is 1470 g/mol. The Bertz CT molecular complexity index is 1930. The molecule has 0 bridgehead atoms. The van der Waals surface area contributed by atoms with Crippen LogP contribution in [0, 0.1) is 11.8 Å². The van der Waals surface area contributed by atoms with E-state index in [1.165, 1.54) is 244 Å². The molecule has 0 amide bonds. The largest absolute Gasteiger partial charge is 0.472 e. The third-order valence-electron chi connectivity index (χ3n) is 19.3. The van der Waals surface area contributed by atoms with Crippen molar-refractivity contribution in [3.8, 4) is 0 Å². The molecule has 3 unspecified atom stereocenters. The first kappa shape index (κ1) is 98.1. The second-order valence-corrected chi connectivity index (χ2v) is 32.8. The predicted octanol–water partition coefficient (Wildman–Crippen LogP) is 24.3. The highest BCUT2D eigenvalue weighted by molar-refractivity contribution is 7.47. The van der Waals surface area contributed by atoms with Crippen molar-refractivity contribution in [2.45, 2.75) is 445 Å². The Balaban J connectivity index is 5.18. The summed E-state index contributed by atoms with van der Waals surface area (Å²) in [5.74, 6) is -0.523. The number of ether oxygens (including phenoxy) is 4. The molecule has 0 aromatic heterocycles. The summed E-state index contributed by atoms with van der Waals surface area (Å²) in [6.45, 7) is 9.64. The lowest BCUT2D eigenvalue weighted by atomic mass is 9.99. The van der Waals surface area contributed by atoms with Crippen LogP contribution < -0.4 is 0 Å². The number of carbonyl (C=O) groups excluding carboxylic acids is 4. The fraction of sp³-hybridized carbons (Fsp3) is 0.951. The van der Waals surface area contributed by atoms with Gasteiger partial charge in [-0.1, -0.05) is 375 Å². The number of phosphoric acid groups is 2. The van der Waals surface area contributed by atoms with Gasteiger partial charge in [0, 0.05) is 25.7 Å². The summed E-state index contributed by atoms with van der Waals surface area (Å²) in [5.41, 5.74) is 0. The first-order valence-electron chi connectivity index (χ1n) is 42.0. The van der Waals surface area contributed by atoms with Gasteiger partial charge in [0.25, 0.3) is 0 Å². The number of aliphatic hydroxyl groups is 1. The average molecular weight is 1470 g/mol. The summed E-state index contributed by atoms with van der Waals surface area (Å²) < 4.78 is 68.6. The van der Waals surface area contributed by atoms with Crippen LogP contribution in [-0.4, -0.2) is 96.7 Å². The zero-order chi connectivity index (χ0) is 73.5. The van der Waals surface area contributed by atoms with Gasteiger partial charge in [-0.3, -0.25) is 37.3 Å². The summed E-state index contributed by atoms with van der Waals surface area (Å²) in [5, 5.41) is 10.6. The lowest BCUT2D eigenvalue weighted by Gasteiger charge is -2.21. The van der Waals surface area contributed by atoms with E-state index < -0.39 is 97.5 Å². The highest BCUT2D eigenvalue weighted by Crippen LogP contribution is 2.45. The van der Waals surface area contributed by atoms with Crippen LogP contribution in [0.1, 0.15) is 427 Å². The van der Waals surface area contributed by atoms with Gasteiger partial charge < -0.3 is 33.8 Å². The number of rotatable bonds is 80. The van der Waals surface area contributed by atoms with E-state index in [0.717, 1.165) is 102 Å². The van der Waals surface area contributed by atoms with Crippen molar-refractivity contribution in [3.63, 3.8) is 0 Å². The van der Waals surface area contributed by atoms with E-state index >= 15 is 0 Å². The molecule has 0 aromatic carbocycles. The van der Waals surface area contributed by atoms with Crippen molar-refractivity contribution < 1.29 is 80.2 Å². The second kappa shape index (κ2) is 72.6. The minimum absolute atomic E-state index is 0.105. The number of hydrogen-bond donors (Lipinski definition) is 3. The molecular weight excluding hydrogens is 1310 g/mol. The van der Waals surface area contributed by atoms with Crippen molar-refractivity contribution in [2.75, 3.05) is 39.6 Å². The molecule has 0 aliphatic heterocycles. The van der Waals surface area contributed by atoms with Crippen LogP contribution in [0.2, 0.25) is 0 Å². The zero-order valence-electron chi connectivity index (χ0n) is 65.5. The average Bonchev–Trinajstić information content (AvgIpc) is 0.921. The van der Waals surface area contributed by atoms with E-state index in [1.807, 2.05) is 0 Å². The Morgan fingerprint density at radius 3 is 0.760 bits per heavy atom. The highest BCUT2D eigenvalue weighted by atomic mass is 31.2. The Hall–Kier alpha value is -1.94. The lowest BCUT2D eigenvalue weighted by Crippen LogP contribution is -2.30. The van der Waals surface area contributed by atoms with Gasteiger partial charge in [0.2, 0.25) is 0 Å². The zero-order valence-corrected chi connectivity index (χ0v) is 67.3. The fourth-order valence-electron chi connectivity index (χ4n) is 12.5. The van der Waals surface area contributed by atoms with Crippen LogP contribution in [0.5, 0.6) is 0 Å². The van der Waals surface area contributed by atoms with Crippen molar-refractivity contribution >= 4 is 39.5 Å². The fourth-order valence-corrected chi connectivity index (χ4v) is 14.1. The van der Waals surface area contributed by atoms with Crippen LogP contribution in [-0.2, 0) is 65.4 Å². The first-order valence-corrected chi connectivity index (χ1v) is 45.0. The van der Waals surface area contributed by atoms with Gasteiger partial charge in [-0.2, -0.15) is 0 Å². The van der Waals surface area contributed by atoms with Gasteiger partial charge in [-0.05, 0) is 37.5 Å². The standard InChI is InChI=1S/C81H158O17P2/c1-7-10-12-14-16-18-19-20-21-22-26-29-32-35-39-46-52-58-64-79(84)92-70-76(97-80(85)65-59-53-47-40-36-33-30-27-24-23-25-28-31-34-38-44-50-56-62-74(6)9-3)71-95-99(87,88)93-67-75(82)68-94-100(89,90)96-72-77(69-91-78(83)63-57-51-45-37-17-15-13-11-8-2)98-81(86)66-60-54-48-42-41-43-49-55-61-73(4)5/h73-77,82H,7-72H2,1-6H3,(H,87,88)(H,89,90)/t74?,75-,76-,77-/m1/s1. The van der Waals surface area contributed by atoms with E-state index in [0.29, 0.717) is 25.7 Å². The molecule has 0 radical (unpaired) electrons. The minimum atomic E-state index is -4.96. The van der Waals surface area contributed by atoms with Gasteiger partial charge in [0.15, 0.2) is 12.2 Å². The Kier molecular flexibility index (Phi) is 71.2. The molecule has 0 fully saturated rings. The molecule has 0 saturated carbocycles. The number of hydrogen-bond acceptors (Lipinski definition) is 15. The SMILES string of the molecule is CCCCCCCCCCCCCCCCCCCCC(=O)OC[C@H](COP(=O)(O)OC[C@@H](O)COP(=O)(O)OC[C@@H](COC(=O)CCCCCCCCCCC)OC(=O)CCCCCCCCCCC(C)C)OC(=O)CCCCCCCCCCCCCCCCCCCCC(C)CC. The van der Waals surface area contributed by atoms with Gasteiger partial charge in [-0.25, -0.2) is 9.13 Å². The van der Waals surface area contributed by atoms with Crippen LogP contribution >= 0.6 is 15.6 Å². The third-order valence-corrected chi connectivity index (χ3v) is 21.2. The third kappa shape index (κ3) is 73.0. The normalized spacial score (nSPS) is 14.2. The van der Waals surface area contributed by atoms with Gasteiger partial charge >= 0.3 is 39.5 Å². The van der Waals surface area contributed by atoms with Crippen molar-refractivity contribution in [3.05, 3.63) is 0 Å². The molecule has 100 heavy (non-hydrogen) atoms.